The lowest BCUT2D eigenvalue weighted by Crippen LogP contribution is -2.00. The molecule has 0 aliphatic rings. The summed E-state index contributed by atoms with van der Waals surface area (Å²) in [6.45, 7) is 3.72. The van der Waals surface area contributed by atoms with Crippen LogP contribution in [-0.2, 0) is 0 Å². The molecule has 24 heavy (non-hydrogen) atoms. The Balaban J connectivity index is 2.08. The van der Waals surface area contributed by atoms with Crippen molar-refractivity contribution < 1.29 is 4.74 Å². The summed E-state index contributed by atoms with van der Waals surface area (Å²) < 4.78 is 7.21. The van der Waals surface area contributed by atoms with Crippen LogP contribution >= 0.6 is 23.4 Å². The van der Waals surface area contributed by atoms with Crippen LogP contribution in [0.2, 0.25) is 0 Å². The molecule has 0 unspecified atom stereocenters. The second-order valence-electron chi connectivity index (χ2n) is 4.88. The first kappa shape index (κ1) is 16.5. The summed E-state index contributed by atoms with van der Waals surface area (Å²) in [5.74, 6) is 2.09. The molecule has 0 aliphatic carbocycles. The third-order valence-electron chi connectivity index (χ3n) is 3.26. The van der Waals surface area contributed by atoms with Gasteiger partial charge < -0.3 is 4.74 Å². The summed E-state index contributed by atoms with van der Waals surface area (Å²) in [5, 5.41) is 9.96. The molecule has 0 bridgehead atoms. The maximum atomic E-state index is 5.89. The fourth-order valence-electron chi connectivity index (χ4n) is 2.16. The fraction of sp³-hybridized carbons (Fsp3) is 0.118. The smallest absolute Gasteiger partial charge is 0.196 e. The highest BCUT2D eigenvalue weighted by molar-refractivity contribution is 7.99. The zero-order chi connectivity index (χ0) is 16.9. The molecular formula is C17H15ClN4OS. The van der Waals surface area contributed by atoms with Gasteiger partial charge in [0.05, 0.1) is 7.11 Å². The van der Waals surface area contributed by atoms with Crippen LogP contribution in [0.1, 0.15) is 0 Å². The van der Waals surface area contributed by atoms with Crippen molar-refractivity contribution >= 4 is 23.4 Å². The first-order chi connectivity index (χ1) is 11.7. The van der Waals surface area contributed by atoms with Crippen molar-refractivity contribution in [1.29, 1.82) is 0 Å². The Kier molecular flexibility index (Phi) is 5.17. The molecule has 0 saturated heterocycles. The van der Waals surface area contributed by atoms with Gasteiger partial charge in [-0.05, 0) is 36.4 Å². The van der Waals surface area contributed by atoms with Gasteiger partial charge in [0.25, 0.3) is 0 Å². The second-order valence-corrected chi connectivity index (χ2v) is 6.36. The molecule has 5 nitrogen and oxygen atoms in total. The third kappa shape index (κ3) is 3.60. The molecule has 7 heteroatoms. The number of hydrogen-bond donors (Lipinski definition) is 0. The number of methoxy groups -OCH3 is 1. The summed E-state index contributed by atoms with van der Waals surface area (Å²) in [4.78, 5) is 4.05. The van der Waals surface area contributed by atoms with Gasteiger partial charge in [0, 0.05) is 34.4 Å². The summed E-state index contributed by atoms with van der Waals surface area (Å²) in [6, 6.07) is 11.5. The van der Waals surface area contributed by atoms with Crippen LogP contribution in [0.5, 0.6) is 5.75 Å². The summed E-state index contributed by atoms with van der Waals surface area (Å²) in [6.07, 6.45) is 3.46. The average molecular weight is 359 g/mol. The minimum Gasteiger partial charge on any atom is -0.497 e. The molecule has 0 amide bonds. The molecule has 0 spiro atoms. The molecule has 0 saturated carbocycles. The highest BCUT2D eigenvalue weighted by Gasteiger charge is 2.16. The number of pyridine rings is 1. The minimum atomic E-state index is 0.562. The van der Waals surface area contributed by atoms with Gasteiger partial charge in [-0.3, -0.25) is 9.55 Å². The summed E-state index contributed by atoms with van der Waals surface area (Å²) in [5.41, 5.74) is 1.88. The minimum absolute atomic E-state index is 0.562. The Labute approximate surface area is 149 Å². The lowest BCUT2D eigenvalue weighted by Gasteiger charge is -2.11. The first-order valence-electron chi connectivity index (χ1n) is 7.15. The molecule has 122 valence electrons. The number of aromatic nitrogens is 4. The van der Waals surface area contributed by atoms with Gasteiger partial charge in [0.2, 0.25) is 0 Å². The molecule has 0 atom stereocenters. The van der Waals surface area contributed by atoms with Crippen molar-refractivity contribution in [3.05, 3.63) is 60.4 Å². The Morgan fingerprint density at radius 3 is 2.50 bits per heavy atom. The number of halogens is 1. The van der Waals surface area contributed by atoms with Gasteiger partial charge in [0.15, 0.2) is 11.0 Å². The predicted molar refractivity (Wildman–Crippen MR) is 96.9 cm³/mol. The molecule has 0 aliphatic heterocycles. The van der Waals surface area contributed by atoms with E-state index in [0.717, 1.165) is 28.0 Å². The first-order valence-corrected chi connectivity index (χ1v) is 8.51. The lowest BCUT2D eigenvalue weighted by molar-refractivity contribution is 0.414. The number of ether oxygens (including phenoxy) is 1. The third-order valence-corrected chi connectivity index (χ3v) is 4.57. The van der Waals surface area contributed by atoms with Crippen LogP contribution in [-0.4, -0.2) is 32.6 Å². The van der Waals surface area contributed by atoms with Crippen LogP contribution in [0.15, 0.2) is 65.6 Å². The number of rotatable bonds is 6. The molecule has 0 N–H and O–H groups in total. The molecule has 3 aromatic rings. The molecule has 0 radical (unpaired) electrons. The van der Waals surface area contributed by atoms with E-state index in [-0.39, 0.29) is 0 Å². The van der Waals surface area contributed by atoms with Crippen molar-refractivity contribution in [3.63, 3.8) is 0 Å². The van der Waals surface area contributed by atoms with Gasteiger partial charge >= 0.3 is 0 Å². The molecule has 3 rings (SSSR count). The molecule has 0 fully saturated rings. The monoisotopic (exact) mass is 358 g/mol. The normalized spacial score (nSPS) is 10.6. The van der Waals surface area contributed by atoms with E-state index in [4.69, 9.17) is 16.3 Å². The molecule has 2 heterocycles. The molecular weight excluding hydrogens is 344 g/mol. The van der Waals surface area contributed by atoms with Crippen LogP contribution < -0.4 is 4.74 Å². The fourth-order valence-corrected chi connectivity index (χ4v) is 3.03. The number of hydrogen-bond acceptors (Lipinski definition) is 5. The van der Waals surface area contributed by atoms with Gasteiger partial charge in [-0.1, -0.05) is 29.9 Å². The average Bonchev–Trinajstić information content (AvgIpc) is 3.04. The van der Waals surface area contributed by atoms with Crippen molar-refractivity contribution in [3.8, 4) is 22.8 Å². The van der Waals surface area contributed by atoms with Crippen molar-refractivity contribution in [2.24, 2.45) is 0 Å². The second kappa shape index (κ2) is 7.51. The number of thioether (sulfide) groups is 1. The van der Waals surface area contributed by atoms with E-state index in [1.165, 1.54) is 11.8 Å². The van der Waals surface area contributed by atoms with Crippen LogP contribution in [0.3, 0.4) is 0 Å². The van der Waals surface area contributed by atoms with Gasteiger partial charge in [0.1, 0.15) is 5.75 Å². The van der Waals surface area contributed by atoms with E-state index in [9.17, 15) is 0 Å². The van der Waals surface area contributed by atoms with E-state index in [1.807, 2.05) is 41.0 Å². The quantitative estimate of drug-likeness (QED) is 0.618. The Hall–Kier alpha value is -2.31. The van der Waals surface area contributed by atoms with Crippen molar-refractivity contribution in [2.45, 2.75) is 5.16 Å². The largest absolute Gasteiger partial charge is 0.497 e. The topological polar surface area (TPSA) is 52.8 Å². The van der Waals surface area contributed by atoms with Gasteiger partial charge in [-0.15, -0.1) is 10.2 Å². The van der Waals surface area contributed by atoms with E-state index >= 15 is 0 Å². The van der Waals surface area contributed by atoms with E-state index < -0.39 is 0 Å². The Bertz CT molecular complexity index is 834. The Morgan fingerprint density at radius 1 is 1.17 bits per heavy atom. The van der Waals surface area contributed by atoms with Crippen molar-refractivity contribution in [2.75, 3.05) is 12.9 Å². The summed E-state index contributed by atoms with van der Waals surface area (Å²) in [7, 11) is 1.64. The van der Waals surface area contributed by atoms with Gasteiger partial charge in [-0.2, -0.15) is 0 Å². The summed E-state index contributed by atoms with van der Waals surface area (Å²) >= 11 is 7.38. The highest BCUT2D eigenvalue weighted by atomic mass is 35.5. The van der Waals surface area contributed by atoms with Crippen LogP contribution in [0, 0.1) is 0 Å². The van der Waals surface area contributed by atoms with Crippen LogP contribution in [0.4, 0.5) is 0 Å². The van der Waals surface area contributed by atoms with E-state index in [1.54, 1.807) is 19.5 Å². The maximum absolute atomic E-state index is 5.89. The molecule has 1 aromatic carbocycles. The van der Waals surface area contributed by atoms with Gasteiger partial charge in [-0.25, -0.2) is 0 Å². The van der Waals surface area contributed by atoms with E-state index in [0.29, 0.717) is 10.8 Å². The van der Waals surface area contributed by atoms with E-state index in [2.05, 4.69) is 21.8 Å². The van der Waals surface area contributed by atoms with Crippen LogP contribution in [0.25, 0.3) is 17.1 Å². The highest BCUT2D eigenvalue weighted by Crippen LogP contribution is 2.29. The number of nitrogens with zero attached hydrogens (tertiary/aromatic N) is 4. The zero-order valence-electron chi connectivity index (χ0n) is 13.0. The predicted octanol–water partition coefficient (Wildman–Crippen LogP) is 4.18. The lowest BCUT2D eigenvalue weighted by atomic mass is 10.2. The SMILES string of the molecule is C=C(Cl)CSc1nnc(-c2ccncc2)n1-c1ccc(OC)cc1. The maximum Gasteiger partial charge on any atom is 0.196 e. The Morgan fingerprint density at radius 2 is 1.88 bits per heavy atom. The van der Waals surface area contributed by atoms with Crippen molar-refractivity contribution in [1.82, 2.24) is 19.7 Å². The number of benzene rings is 1. The molecule has 2 aromatic heterocycles. The standard InChI is InChI=1S/C17H15ClN4OS/c1-12(18)11-24-17-21-20-16(13-7-9-19-10-8-13)22(17)14-3-5-15(23-2)6-4-14/h3-10H,1,11H2,2H3. The zero-order valence-corrected chi connectivity index (χ0v) is 14.6.